The Hall–Kier alpha value is -2.42. The van der Waals surface area contributed by atoms with Gasteiger partial charge in [-0.2, -0.15) is 8.42 Å². The van der Waals surface area contributed by atoms with Crippen LogP contribution in [-0.4, -0.2) is 79.5 Å². The molecule has 1 aromatic carbocycles. The average Bonchev–Trinajstić information content (AvgIpc) is 3.24. The van der Waals surface area contributed by atoms with Crippen molar-refractivity contribution in [1.82, 2.24) is 14.7 Å². The molecule has 0 aromatic heterocycles. The zero-order valence-electron chi connectivity index (χ0n) is 15.2. The summed E-state index contributed by atoms with van der Waals surface area (Å²) in [5, 5.41) is 0. The lowest BCUT2D eigenvalue weighted by Gasteiger charge is -2.37. The molecule has 27 heavy (non-hydrogen) atoms. The van der Waals surface area contributed by atoms with Gasteiger partial charge in [-0.3, -0.25) is 9.59 Å². The quantitative estimate of drug-likeness (QED) is 0.688. The van der Waals surface area contributed by atoms with Gasteiger partial charge in [-0.05, 0) is 25.0 Å². The van der Waals surface area contributed by atoms with E-state index in [-0.39, 0.29) is 16.7 Å². The first-order valence-corrected chi connectivity index (χ1v) is 10.6. The zero-order chi connectivity index (χ0) is 19.2. The number of amidine groups is 1. The summed E-state index contributed by atoms with van der Waals surface area (Å²) in [6.45, 7) is 4.21. The van der Waals surface area contributed by atoms with Crippen molar-refractivity contribution in [2.45, 2.75) is 30.7 Å². The summed E-state index contributed by atoms with van der Waals surface area (Å²) >= 11 is 0. The van der Waals surface area contributed by atoms with Crippen LogP contribution in [0.2, 0.25) is 0 Å². The number of hydrogen-bond donors (Lipinski definition) is 0. The van der Waals surface area contributed by atoms with Crippen LogP contribution < -0.4 is 0 Å². The molecule has 0 radical (unpaired) electrons. The molecule has 0 aliphatic carbocycles. The summed E-state index contributed by atoms with van der Waals surface area (Å²) in [6, 6.07) is 6.34. The summed E-state index contributed by atoms with van der Waals surface area (Å²) < 4.78 is 28.7. The van der Waals surface area contributed by atoms with Gasteiger partial charge in [0.1, 0.15) is 10.9 Å². The molecule has 0 bridgehead atoms. The van der Waals surface area contributed by atoms with E-state index in [0.29, 0.717) is 50.5 Å². The molecule has 3 aliphatic rings. The summed E-state index contributed by atoms with van der Waals surface area (Å²) in [5.41, 5.74) is 0.568. The van der Waals surface area contributed by atoms with E-state index in [4.69, 9.17) is 0 Å². The number of piperazine rings is 1. The molecule has 0 N–H and O–H groups in total. The molecule has 3 aliphatic heterocycles. The highest BCUT2D eigenvalue weighted by molar-refractivity contribution is 7.90. The Bertz CT molecular complexity index is 919. The van der Waals surface area contributed by atoms with Crippen LogP contribution >= 0.6 is 0 Å². The van der Waals surface area contributed by atoms with E-state index in [0.717, 1.165) is 6.42 Å². The van der Waals surface area contributed by atoms with Gasteiger partial charge in [-0.25, -0.2) is 0 Å². The standard InChI is InChI=1S/C18H22N4O4S/c1-13(23)20-9-11-21(12-10-20)18(24)15-6-4-8-22(15)17-14-5-2-3-7-16(14)27(25,26)19-17/h2-3,5,7,15H,4,6,8-12H2,1H3/t15-/m0/s1. The minimum Gasteiger partial charge on any atom is -0.343 e. The Morgan fingerprint density at radius 3 is 2.41 bits per heavy atom. The molecule has 2 amide bonds. The molecule has 0 saturated carbocycles. The van der Waals surface area contributed by atoms with Gasteiger partial charge in [0.05, 0.1) is 0 Å². The topological polar surface area (TPSA) is 90.4 Å². The number of sulfonamides is 1. The second kappa shape index (κ2) is 6.63. The fourth-order valence-electron chi connectivity index (χ4n) is 4.03. The minimum absolute atomic E-state index is 0.0137. The van der Waals surface area contributed by atoms with Crippen molar-refractivity contribution in [2.24, 2.45) is 4.40 Å². The number of hydrogen-bond acceptors (Lipinski definition) is 5. The number of carbonyl (C=O) groups is 2. The molecule has 0 spiro atoms. The van der Waals surface area contributed by atoms with Crippen LogP contribution in [0.3, 0.4) is 0 Å². The van der Waals surface area contributed by atoms with Crippen LogP contribution in [0.4, 0.5) is 0 Å². The van der Waals surface area contributed by atoms with Gasteiger partial charge in [0.15, 0.2) is 5.84 Å². The number of amides is 2. The largest absolute Gasteiger partial charge is 0.343 e. The van der Waals surface area contributed by atoms with E-state index in [1.165, 1.54) is 6.92 Å². The first kappa shape index (κ1) is 18.0. The van der Waals surface area contributed by atoms with Gasteiger partial charge in [0.2, 0.25) is 11.8 Å². The number of fused-ring (bicyclic) bond motifs is 1. The lowest BCUT2D eigenvalue weighted by molar-refractivity contribution is -0.140. The smallest absolute Gasteiger partial charge is 0.285 e. The predicted octanol–water partition coefficient (Wildman–Crippen LogP) is 0.291. The Morgan fingerprint density at radius 1 is 1.04 bits per heavy atom. The Morgan fingerprint density at radius 2 is 1.70 bits per heavy atom. The Labute approximate surface area is 158 Å². The van der Waals surface area contributed by atoms with Crippen molar-refractivity contribution in [3.05, 3.63) is 29.8 Å². The van der Waals surface area contributed by atoms with Crippen LogP contribution in [0.25, 0.3) is 0 Å². The van der Waals surface area contributed by atoms with Crippen LogP contribution in [0.1, 0.15) is 25.3 Å². The Balaban J connectivity index is 1.55. The van der Waals surface area contributed by atoms with Gasteiger partial charge < -0.3 is 14.7 Å². The highest BCUT2D eigenvalue weighted by Gasteiger charge is 2.41. The monoisotopic (exact) mass is 390 g/mol. The SMILES string of the molecule is CC(=O)N1CCN(C(=O)[C@@H]2CCCN2C2=NS(=O)(=O)c3ccccc32)CC1. The third-order valence-corrected chi connectivity index (χ3v) is 6.78. The maximum Gasteiger partial charge on any atom is 0.285 e. The normalized spacial score (nSPS) is 24.0. The highest BCUT2D eigenvalue weighted by atomic mass is 32.2. The van der Waals surface area contributed by atoms with Gasteiger partial charge in [-0.1, -0.05) is 12.1 Å². The molecule has 1 atom stereocenters. The van der Waals surface area contributed by atoms with Crippen molar-refractivity contribution in [3.8, 4) is 0 Å². The number of nitrogens with zero attached hydrogens (tertiary/aromatic N) is 4. The predicted molar refractivity (Wildman–Crippen MR) is 98.7 cm³/mol. The first-order chi connectivity index (χ1) is 12.9. The lowest BCUT2D eigenvalue weighted by atomic mass is 10.1. The van der Waals surface area contributed by atoms with Crippen LogP contribution in [-0.2, 0) is 19.6 Å². The summed E-state index contributed by atoms with van der Waals surface area (Å²) in [5.74, 6) is 0.385. The molecular weight excluding hydrogens is 368 g/mol. The van der Waals surface area contributed by atoms with Crippen molar-refractivity contribution >= 4 is 27.7 Å². The summed E-state index contributed by atoms with van der Waals surface area (Å²) in [6.07, 6.45) is 1.48. The molecule has 1 aromatic rings. The number of rotatable bonds is 1. The third-order valence-electron chi connectivity index (χ3n) is 5.46. The van der Waals surface area contributed by atoms with E-state index in [2.05, 4.69) is 4.40 Å². The number of likely N-dealkylation sites (tertiary alicyclic amines) is 1. The molecule has 9 heteroatoms. The van der Waals surface area contributed by atoms with Crippen molar-refractivity contribution in [3.63, 3.8) is 0 Å². The fraction of sp³-hybridized carbons (Fsp3) is 0.500. The van der Waals surface area contributed by atoms with E-state index < -0.39 is 16.1 Å². The zero-order valence-corrected chi connectivity index (χ0v) is 16.0. The van der Waals surface area contributed by atoms with Gasteiger partial charge >= 0.3 is 0 Å². The van der Waals surface area contributed by atoms with Crippen molar-refractivity contribution < 1.29 is 18.0 Å². The van der Waals surface area contributed by atoms with E-state index >= 15 is 0 Å². The van der Waals surface area contributed by atoms with Gasteiger partial charge in [0, 0.05) is 45.2 Å². The Kier molecular flexibility index (Phi) is 4.41. The van der Waals surface area contributed by atoms with E-state index in [1.54, 1.807) is 34.1 Å². The third kappa shape index (κ3) is 3.09. The summed E-state index contributed by atoms with van der Waals surface area (Å²) in [4.78, 5) is 30.1. The molecule has 144 valence electrons. The number of benzene rings is 1. The molecule has 3 heterocycles. The molecule has 0 unspecified atom stereocenters. The van der Waals surface area contributed by atoms with Crippen LogP contribution in [0, 0.1) is 0 Å². The maximum atomic E-state index is 13.1. The second-order valence-electron chi connectivity index (χ2n) is 7.07. The minimum atomic E-state index is -3.71. The molecule has 2 fully saturated rings. The van der Waals surface area contributed by atoms with Gasteiger partial charge in [0.25, 0.3) is 10.0 Å². The fourth-order valence-corrected chi connectivity index (χ4v) is 5.24. The second-order valence-corrected chi connectivity index (χ2v) is 8.64. The highest BCUT2D eigenvalue weighted by Crippen LogP contribution is 2.31. The van der Waals surface area contributed by atoms with Crippen LogP contribution in [0.5, 0.6) is 0 Å². The van der Waals surface area contributed by atoms with Crippen LogP contribution in [0.15, 0.2) is 33.6 Å². The van der Waals surface area contributed by atoms with Crippen molar-refractivity contribution in [2.75, 3.05) is 32.7 Å². The first-order valence-electron chi connectivity index (χ1n) is 9.14. The average molecular weight is 390 g/mol. The molecule has 4 rings (SSSR count). The van der Waals surface area contributed by atoms with E-state index in [9.17, 15) is 18.0 Å². The molecular formula is C18H22N4O4S. The maximum absolute atomic E-state index is 13.1. The molecule has 2 saturated heterocycles. The number of carbonyl (C=O) groups excluding carboxylic acids is 2. The van der Waals surface area contributed by atoms with E-state index in [1.807, 2.05) is 4.90 Å². The van der Waals surface area contributed by atoms with Gasteiger partial charge in [-0.15, -0.1) is 4.40 Å². The molecule has 8 nitrogen and oxygen atoms in total. The van der Waals surface area contributed by atoms with Crippen molar-refractivity contribution in [1.29, 1.82) is 0 Å². The lowest BCUT2D eigenvalue weighted by Crippen LogP contribution is -2.55. The summed E-state index contributed by atoms with van der Waals surface area (Å²) in [7, 11) is -3.71.